The Bertz CT molecular complexity index is 389. The van der Waals surface area contributed by atoms with Crippen LogP contribution in [0.5, 0.6) is 0 Å². The van der Waals surface area contributed by atoms with Crippen LogP contribution in [0.25, 0.3) is 0 Å². The van der Waals surface area contributed by atoms with E-state index in [0.29, 0.717) is 0 Å². The summed E-state index contributed by atoms with van der Waals surface area (Å²) in [4.78, 5) is 8.69. The molecule has 0 spiro atoms. The van der Waals surface area contributed by atoms with Gasteiger partial charge in [0, 0.05) is 29.9 Å². The van der Waals surface area contributed by atoms with Crippen LogP contribution in [0.15, 0.2) is 0 Å². The van der Waals surface area contributed by atoms with E-state index in [1.807, 2.05) is 11.3 Å². The van der Waals surface area contributed by atoms with Gasteiger partial charge in [-0.25, -0.2) is 4.98 Å². The maximum absolute atomic E-state index is 4.82. The SMILES string of the molecule is CCc1nc(CCN(CC)CC)sc1CNC(C)(C)C. The van der Waals surface area contributed by atoms with Crippen LogP contribution in [0.2, 0.25) is 0 Å². The van der Waals surface area contributed by atoms with Crippen molar-refractivity contribution in [3.63, 3.8) is 0 Å². The molecule has 1 heterocycles. The van der Waals surface area contributed by atoms with Crippen LogP contribution in [0, 0.1) is 0 Å². The summed E-state index contributed by atoms with van der Waals surface area (Å²) in [5.74, 6) is 0. The standard InChI is InChI=1S/C16H31N3S/c1-7-13-14(12-17-16(4,5)6)20-15(18-13)10-11-19(8-2)9-3/h17H,7-12H2,1-6H3. The third-order valence-electron chi connectivity index (χ3n) is 3.47. The lowest BCUT2D eigenvalue weighted by Crippen LogP contribution is -2.35. The molecule has 0 amide bonds. The predicted octanol–water partition coefficient (Wildman–Crippen LogP) is 3.48. The van der Waals surface area contributed by atoms with E-state index in [2.05, 4.69) is 51.8 Å². The van der Waals surface area contributed by atoms with Crippen molar-refractivity contribution in [2.24, 2.45) is 0 Å². The molecule has 0 aliphatic rings. The summed E-state index contributed by atoms with van der Waals surface area (Å²) < 4.78 is 0. The molecule has 0 saturated carbocycles. The van der Waals surface area contributed by atoms with E-state index in [9.17, 15) is 0 Å². The van der Waals surface area contributed by atoms with Gasteiger partial charge in [0.1, 0.15) is 0 Å². The highest BCUT2D eigenvalue weighted by molar-refractivity contribution is 7.11. The molecule has 0 aliphatic heterocycles. The molecule has 4 heteroatoms. The topological polar surface area (TPSA) is 28.2 Å². The average Bonchev–Trinajstić information content (AvgIpc) is 2.79. The summed E-state index contributed by atoms with van der Waals surface area (Å²) in [6.45, 7) is 17.6. The van der Waals surface area contributed by atoms with Crippen LogP contribution in [0.1, 0.15) is 57.1 Å². The average molecular weight is 298 g/mol. The molecule has 0 fully saturated rings. The van der Waals surface area contributed by atoms with Crippen LogP contribution < -0.4 is 5.32 Å². The molecule has 3 nitrogen and oxygen atoms in total. The fourth-order valence-corrected chi connectivity index (χ4v) is 3.18. The Hall–Kier alpha value is -0.450. The van der Waals surface area contributed by atoms with E-state index >= 15 is 0 Å². The molecule has 0 unspecified atom stereocenters. The predicted molar refractivity (Wildman–Crippen MR) is 89.6 cm³/mol. The van der Waals surface area contributed by atoms with Crippen molar-refractivity contribution in [2.75, 3.05) is 19.6 Å². The molecule has 0 aromatic carbocycles. The second kappa shape index (κ2) is 8.11. The number of rotatable bonds is 8. The second-order valence-corrected chi connectivity index (χ2v) is 7.38. The summed E-state index contributed by atoms with van der Waals surface area (Å²) in [5.41, 5.74) is 1.44. The van der Waals surface area contributed by atoms with Crippen LogP contribution in [-0.2, 0) is 19.4 Å². The minimum atomic E-state index is 0.163. The summed E-state index contributed by atoms with van der Waals surface area (Å²) >= 11 is 1.89. The van der Waals surface area contributed by atoms with Crippen molar-refractivity contribution in [2.45, 2.75) is 66.5 Å². The first-order chi connectivity index (χ1) is 9.39. The second-order valence-electron chi connectivity index (χ2n) is 6.21. The van der Waals surface area contributed by atoms with Gasteiger partial charge in [0.2, 0.25) is 0 Å². The van der Waals surface area contributed by atoms with E-state index in [1.54, 1.807) is 0 Å². The number of aromatic nitrogens is 1. The Labute approximate surface area is 128 Å². The molecule has 0 radical (unpaired) electrons. The van der Waals surface area contributed by atoms with Gasteiger partial charge in [0.15, 0.2) is 0 Å². The van der Waals surface area contributed by atoms with Gasteiger partial charge in [-0.2, -0.15) is 0 Å². The van der Waals surface area contributed by atoms with Gasteiger partial charge < -0.3 is 10.2 Å². The molecular formula is C16H31N3S. The zero-order valence-corrected chi connectivity index (χ0v) is 14.9. The molecule has 0 saturated heterocycles. The fourth-order valence-electron chi connectivity index (χ4n) is 2.10. The van der Waals surface area contributed by atoms with E-state index in [1.165, 1.54) is 15.6 Å². The molecule has 1 rings (SSSR count). The number of nitrogens with zero attached hydrogens (tertiary/aromatic N) is 2. The smallest absolute Gasteiger partial charge is 0.0944 e. The molecule has 1 aromatic heterocycles. The van der Waals surface area contributed by atoms with Gasteiger partial charge in [0.05, 0.1) is 10.7 Å². The largest absolute Gasteiger partial charge is 0.307 e. The maximum Gasteiger partial charge on any atom is 0.0944 e. The van der Waals surface area contributed by atoms with Crippen molar-refractivity contribution in [1.82, 2.24) is 15.2 Å². The summed E-state index contributed by atoms with van der Waals surface area (Å²) in [5, 5.41) is 4.86. The van der Waals surface area contributed by atoms with E-state index in [4.69, 9.17) is 4.98 Å². The van der Waals surface area contributed by atoms with E-state index < -0.39 is 0 Å². The Morgan fingerprint density at radius 3 is 2.30 bits per heavy atom. The molecule has 0 bridgehead atoms. The summed E-state index contributed by atoms with van der Waals surface area (Å²) in [6.07, 6.45) is 2.11. The molecule has 20 heavy (non-hydrogen) atoms. The summed E-state index contributed by atoms with van der Waals surface area (Å²) in [6, 6.07) is 0. The minimum Gasteiger partial charge on any atom is -0.307 e. The molecule has 1 aromatic rings. The lowest BCUT2D eigenvalue weighted by Gasteiger charge is -2.20. The van der Waals surface area contributed by atoms with Crippen molar-refractivity contribution in [3.8, 4) is 0 Å². The number of hydrogen-bond donors (Lipinski definition) is 1. The summed E-state index contributed by atoms with van der Waals surface area (Å²) in [7, 11) is 0. The normalized spacial score (nSPS) is 12.3. The molecule has 0 atom stereocenters. The van der Waals surface area contributed by atoms with Gasteiger partial charge in [-0.15, -0.1) is 11.3 Å². The first kappa shape index (κ1) is 17.6. The molecule has 0 aliphatic carbocycles. The highest BCUT2D eigenvalue weighted by atomic mass is 32.1. The molecule has 116 valence electrons. The van der Waals surface area contributed by atoms with Crippen LogP contribution in [-0.4, -0.2) is 35.1 Å². The van der Waals surface area contributed by atoms with Crippen LogP contribution in [0.3, 0.4) is 0 Å². The fraction of sp³-hybridized carbons (Fsp3) is 0.812. The van der Waals surface area contributed by atoms with Crippen molar-refractivity contribution in [3.05, 3.63) is 15.6 Å². The first-order valence-electron chi connectivity index (χ1n) is 7.84. The quantitative estimate of drug-likeness (QED) is 0.796. The number of hydrogen-bond acceptors (Lipinski definition) is 4. The van der Waals surface area contributed by atoms with Gasteiger partial charge in [0.25, 0.3) is 0 Å². The number of likely N-dealkylation sites (N-methyl/N-ethyl adjacent to an activating group) is 1. The van der Waals surface area contributed by atoms with Crippen LogP contribution in [0.4, 0.5) is 0 Å². The lowest BCUT2D eigenvalue weighted by atomic mass is 10.1. The third-order valence-corrected chi connectivity index (χ3v) is 4.63. The van der Waals surface area contributed by atoms with Gasteiger partial charge in [-0.1, -0.05) is 20.8 Å². The first-order valence-corrected chi connectivity index (χ1v) is 8.66. The zero-order chi connectivity index (χ0) is 15.2. The highest BCUT2D eigenvalue weighted by Crippen LogP contribution is 2.21. The van der Waals surface area contributed by atoms with E-state index in [0.717, 1.165) is 39.0 Å². The Kier molecular flexibility index (Phi) is 7.13. The lowest BCUT2D eigenvalue weighted by molar-refractivity contribution is 0.308. The molecular weight excluding hydrogens is 266 g/mol. The van der Waals surface area contributed by atoms with Crippen molar-refractivity contribution in [1.29, 1.82) is 0 Å². The molecule has 1 N–H and O–H groups in total. The third kappa shape index (κ3) is 5.90. The van der Waals surface area contributed by atoms with Gasteiger partial charge in [-0.05, 0) is 40.3 Å². The minimum absolute atomic E-state index is 0.163. The Morgan fingerprint density at radius 1 is 1.15 bits per heavy atom. The van der Waals surface area contributed by atoms with Crippen molar-refractivity contribution >= 4 is 11.3 Å². The van der Waals surface area contributed by atoms with Gasteiger partial charge in [-0.3, -0.25) is 0 Å². The monoisotopic (exact) mass is 297 g/mol. The zero-order valence-electron chi connectivity index (χ0n) is 14.0. The van der Waals surface area contributed by atoms with Crippen LogP contribution >= 0.6 is 11.3 Å². The van der Waals surface area contributed by atoms with Gasteiger partial charge >= 0.3 is 0 Å². The Balaban J connectivity index is 2.63. The number of aryl methyl sites for hydroxylation is 1. The van der Waals surface area contributed by atoms with Crippen molar-refractivity contribution < 1.29 is 0 Å². The number of thiazole rings is 1. The maximum atomic E-state index is 4.82. The Morgan fingerprint density at radius 2 is 1.80 bits per heavy atom. The van der Waals surface area contributed by atoms with E-state index in [-0.39, 0.29) is 5.54 Å². The number of nitrogens with one attached hydrogen (secondary N) is 1. The highest BCUT2D eigenvalue weighted by Gasteiger charge is 2.14.